The molecule has 0 saturated heterocycles. The average Bonchev–Trinajstić information content (AvgIpc) is 3.10. The number of nitrogens with one attached hydrogen (secondary N) is 1. The van der Waals surface area contributed by atoms with Gasteiger partial charge in [0.25, 0.3) is 0 Å². The Morgan fingerprint density at radius 1 is 1.38 bits per heavy atom. The monoisotopic (exact) mass is 290 g/mol. The topological polar surface area (TPSA) is 68.0 Å². The van der Waals surface area contributed by atoms with E-state index in [0.717, 1.165) is 17.9 Å². The standard InChI is InChI=1S/C14H22N6O/c1-4-18(9-10-20-8-6-7-15-20)14(21)16-13-11-19(5-2)17-12(13)3/h6-8,11H,4-5,9-10H2,1-3H3,(H,16,21). The van der Waals surface area contributed by atoms with Crippen molar-refractivity contribution in [3.05, 3.63) is 30.4 Å². The van der Waals surface area contributed by atoms with Gasteiger partial charge in [-0.15, -0.1) is 0 Å². The molecular weight excluding hydrogens is 268 g/mol. The minimum atomic E-state index is -0.108. The number of likely N-dealkylation sites (N-methyl/N-ethyl adjacent to an activating group) is 1. The van der Waals surface area contributed by atoms with Gasteiger partial charge < -0.3 is 10.2 Å². The molecule has 2 aromatic rings. The van der Waals surface area contributed by atoms with Gasteiger partial charge in [-0.3, -0.25) is 9.36 Å². The zero-order valence-corrected chi connectivity index (χ0v) is 12.8. The summed E-state index contributed by atoms with van der Waals surface area (Å²) in [7, 11) is 0. The van der Waals surface area contributed by atoms with Crippen LogP contribution >= 0.6 is 0 Å². The summed E-state index contributed by atoms with van der Waals surface area (Å²) in [6.07, 6.45) is 5.48. The molecule has 0 aromatic carbocycles. The summed E-state index contributed by atoms with van der Waals surface area (Å²) in [5.74, 6) is 0. The second-order valence-electron chi connectivity index (χ2n) is 4.76. The molecule has 0 fully saturated rings. The molecular formula is C14H22N6O. The first-order chi connectivity index (χ1) is 10.1. The van der Waals surface area contributed by atoms with Crippen LogP contribution in [0.15, 0.2) is 24.7 Å². The third-order valence-corrected chi connectivity index (χ3v) is 3.34. The van der Waals surface area contributed by atoms with Crippen LogP contribution in [0.1, 0.15) is 19.5 Å². The third kappa shape index (κ3) is 3.84. The highest BCUT2D eigenvalue weighted by Gasteiger charge is 2.14. The molecule has 0 bridgehead atoms. The molecule has 0 saturated carbocycles. The van der Waals surface area contributed by atoms with Gasteiger partial charge in [-0.25, -0.2) is 4.79 Å². The van der Waals surface area contributed by atoms with Gasteiger partial charge in [-0.1, -0.05) is 0 Å². The highest BCUT2D eigenvalue weighted by Crippen LogP contribution is 2.13. The first-order valence-corrected chi connectivity index (χ1v) is 7.21. The van der Waals surface area contributed by atoms with Gasteiger partial charge in [0, 0.05) is 38.2 Å². The lowest BCUT2D eigenvalue weighted by atomic mass is 10.4. The Labute approximate surface area is 124 Å². The van der Waals surface area contributed by atoms with Crippen LogP contribution in [0.25, 0.3) is 0 Å². The van der Waals surface area contributed by atoms with Crippen LogP contribution in [0, 0.1) is 6.92 Å². The average molecular weight is 290 g/mol. The molecule has 2 amide bonds. The molecule has 7 nitrogen and oxygen atoms in total. The van der Waals surface area contributed by atoms with E-state index in [1.807, 2.05) is 48.6 Å². The number of aromatic nitrogens is 4. The van der Waals surface area contributed by atoms with Crippen molar-refractivity contribution < 1.29 is 4.79 Å². The van der Waals surface area contributed by atoms with Crippen molar-refractivity contribution in [1.29, 1.82) is 0 Å². The van der Waals surface area contributed by atoms with Gasteiger partial charge in [0.2, 0.25) is 0 Å². The molecule has 0 radical (unpaired) electrons. The van der Waals surface area contributed by atoms with Crippen LogP contribution in [0.2, 0.25) is 0 Å². The number of urea groups is 1. The maximum Gasteiger partial charge on any atom is 0.321 e. The van der Waals surface area contributed by atoms with Gasteiger partial charge in [-0.2, -0.15) is 10.2 Å². The van der Waals surface area contributed by atoms with Gasteiger partial charge >= 0.3 is 6.03 Å². The van der Waals surface area contributed by atoms with E-state index in [1.165, 1.54) is 0 Å². The highest BCUT2D eigenvalue weighted by molar-refractivity contribution is 5.89. The van der Waals surface area contributed by atoms with Gasteiger partial charge in [-0.05, 0) is 26.8 Å². The minimum absolute atomic E-state index is 0.108. The molecule has 7 heteroatoms. The number of rotatable bonds is 6. The lowest BCUT2D eigenvalue weighted by Gasteiger charge is -2.21. The van der Waals surface area contributed by atoms with E-state index in [9.17, 15) is 4.79 Å². The fraction of sp³-hybridized carbons (Fsp3) is 0.500. The second-order valence-corrected chi connectivity index (χ2v) is 4.76. The van der Waals surface area contributed by atoms with Gasteiger partial charge in [0.1, 0.15) is 0 Å². The summed E-state index contributed by atoms with van der Waals surface area (Å²) >= 11 is 0. The molecule has 0 unspecified atom stereocenters. The Kier molecular flexibility index (Phi) is 4.97. The molecule has 0 spiro atoms. The van der Waals surface area contributed by atoms with E-state index in [2.05, 4.69) is 15.5 Å². The van der Waals surface area contributed by atoms with Crippen LogP contribution < -0.4 is 5.32 Å². The fourth-order valence-corrected chi connectivity index (χ4v) is 2.06. The lowest BCUT2D eigenvalue weighted by molar-refractivity contribution is 0.211. The van der Waals surface area contributed by atoms with Gasteiger partial charge in [0.15, 0.2) is 0 Å². The number of anilines is 1. The van der Waals surface area contributed by atoms with E-state index in [0.29, 0.717) is 19.6 Å². The number of aryl methyl sites for hydroxylation is 2. The summed E-state index contributed by atoms with van der Waals surface area (Å²) in [5, 5.41) is 11.4. The predicted molar refractivity (Wildman–Crippen MR) is 81.1 cm³/mol. The Balaban J connectivity index is 1.94. The summed E-state index contributed by atoms with van der Waals surface area (Å²) in [4.78, 5) is 14.1. The summed E-state index contributed by atoms with van der Waals surface area (Å²) in [5.41, 5.74) is 1.59. The number of amides is 2. The summed E-state index contributed by atoms with van der Waals surface area (Å²) < 4.78 is 3.63. The molecule has 2 aromatic heterocycles. The van der Waals surface area contributed by atoms with Crippen LogP contribution in [0.4, 0.5) is 10.5 Å². The third-order valence-electron chi connectivity index (χ3n) is 3.34. The molecule has 2 rings (SSSR count). The van der Waals surface area contributed by atoms with Crippen LogP contribution in [-0.2, 0) is 13.1 Å². The van der Waals surface area contributed by atoms with Crippen LogP contribution in [0.5, 0.6) is 0 Å². The Morgan fingerprint density at radius 3 is 2.76 bits per heavy atom. The van der Waals surface area contributed by atoms with E-state index >= 15 is 0 Å². The van der Waals surface area contributed by atoms with Crippen LogP contribution in [0.3, 0.4) is 0 Å². The van der Waals surface area contributed by atoms with Crippen molar-refractivity contribution in [3.8, 4) is 0 Å². The quantitative estimate of drug-likeness (QED) is 0.884. The number of nitrogens with zero attached hydrogens (tertiary/aromatic N) is 5. The lowest BCUT2D eigenvalue weighted by Crippen LogP contribution is -2.37. The van der Waals surface area contributed by atoms with E-state index in [1.54, 1.807) is 11.1 Å². The molecule has 0 aliphatic heterocycles. The van der Waals surface area contributed by atoms with Crippen molar-refractivity contribution in [2.75, 3.05) is 18.4 Å². The Morgan fingerprint density at radius 2 is 2.19 bits per heavy atom. The molecule has 0 atom stereocenters. The van der Waals surface area contributed by atoms with Gasteiger partial charge in [0.05, 0.1) is 17.9 Å². The summed E-state index contributed by atoms with van der Waals surface area (Å²) in [6, 6.07) is 1.77. The summed E-state index contributed by atoms with van der Waals surface area (Å²) in [6.45, 7) is 8.60. The largest absolute Gasteiger partial charge is 0.323 e. The first kappa shape index (κ1) is 15.1. The Bertz CT molecular complexity index is 574. The van der Waals surface area contributed by atoms with Crippen molar-refractivity contribution >= 4 is 11.7 Å². The molecule has 2 heterocycles. The molecule has 0 aliphatic rings. The zero-order chi connectivity index (χ0) is 15.2. The SMILES string of the molecule is CCN(CCn1cccn1)C(=O)Nc1cn(CC)nc1C. The van der Waals surface area contributed by atoms with Crippen molar-refractivity contribution in [2.45, 2.75) is 33.9 Å². The maximum atomic E-state index is 12.3. The molecule has 1 N–H and O–H groups in total. The minimum Gasteiger partial charge on any atom is -0.323 e. The number of hydrogen-bond acceptors (Lipinski definition) is 3. The number of carbonyl (C=O) groups excluding carboxylic acids is 1. The van der Waals surface area contributed by atoms with Crippen molar-refractivity contribution in [2.24, 2.45) is 0 Å². The van der Waals surface area contributed by atoms with E-state index in [-0.39, 0.29) is 6.03 Å². The van der Waals surface area contributed by atoms with Crippen molar-refractivity contribution in [3.63, 3.8) is 0 Å². The van der Waals surface area contributed by atoms with E-state index in [4.69, 9.17) is 0 Å². The maximum absolute atomic E-state index is 12.3. The fourth-order valence-electron chi connectivity index (χ4n) is 2.06. The first-order valence-electron chi connectivity index (χ1n) is 7.21. The van der Waals surface area contributed by atoms with Crippen LogP contribution in [-0.4, -0.2) is 43.6 Å². The van der Waals surface area contributed by atoms with E-state index < -0.39 is 0 Å². The number of hydrogen-bond donors (Lipinski definition) is 1. The highest BCUT2D eigenvalue weighted by atomic mass is 16.2. The molecule has 0 aliphatic carbocycles. The Hall–Kier alpha value is -2.31. The number of carbonyl (C=O) groups is 1. The second kappa shape index (κ2) is 6.92. The molecule has 21 heavy (non-hydrogen) atoms. The van der Waals surface area contributed by atoms with Crippen molar-refractivity contribution in [1.82, 2.24) is 24.5 Å². The molecule has 114 valence electrons. The smallest absolute Gasteiger partial charge is 0.321 e. The predicted octanol–water partition coefficient (Wildman–Crippen LogP) is 1.96. The normalized spacial score (nSPS) is 10.6. The zero-order valence-electron chi connectivity index (χ0n) is 12.8.